The van der Waals surface area contributed by atoms with Gasteiger partial charge in [-0.2, -0.15) is 0 Å². The van der Waals surface area contributed by atoms with Crippen LogP contribution in [0, 0.1) is 0 Å². The fourth-order valence-electron chi connectivity index (χ4n) is 2.42. The first kappa shape index (κ1) is 28.7. The van der Waals surface area contributed by atoms with Crippen LogP contribution < -0.4 is 27.4 Å². The maximum absolute atomic E-state index is 12.5. The normalized spacial score (nSPS) is 14.3. The van der Waals surface area contributed by atoms with E-state index in [1.807, 2.05) is 10.6 Å². The standard InChI is InChI=1S/C17H29N5O10/c18-4-2-1-3-9(17(31)32)20-15(29)11(6-13(26)27)22-16(30)10(5-12(24)25)21-14(28)8(19)7-23/h8-11,23H,1-7,18-19H2,(H,20,29)(H,21,28)(H,22,30)(H,24,25)(H,26,27)(H,31,32). The summed E-state index contributed by atoms with van der Waals surface area (Å²) in [6.07, 6.45) is -1.03. The molecule has 182 valence electrons. The largest absolute Gasteiger partial charge is 0.481 e. The Morgan fingerprint density at radius 1 is 0.719 bits per heavy atom. The molecule has 0 heterocycles. The highest BCUT2D eigenvalue weighted by Gasteiger charge is 2.32. The van der Waals surface area contributed by atoms with E-state index in [1.165, 1.54) is 0 Å². The molecule has 0 rings (SSSR count). The Kier molecular flexibility index (Phi) is 13.1. The lowest BCUT2D eigenvalue weighted by Gasteiger charge is -2.23. The molecular formula is C17H29N5O10. The molecule has 3 amide bonds. The molecule has 0 aromatic carbocycles. The van der Waals surface area contributed by atoms with Gasteiger partial charge in [-0.1, -0.05) is 0 Å². The van der Waals surface area contributed by atoms with Crippen LogP contribution in [0.3, 0.4) is 0 Å². The first-order valence-electron chi connectivity index (χ1n) is 9.56. The molecule has 0 aromatic heterocycles. The molecule has 0 aromatic rings. The van der Waals surface area contributed by atoms with Gasteiger partial charge in [0.05, 0.1) is 19.4 Å². The number of carbonyl (C=O) groups excluding carboxylic acids is 3. The Balaban J connectivity index is 5.44. The highest BCUT2D eigenvalue weighted by molar-refractivity contribution is 5.96. The molecule has 0 spiro atoms. The first-order chi connectivity index (χ1) is 14.9. The molecule has 4 atom stereocenters. The molecule has 32 heavy (non-hydrogen) atoms. The minimum Gasteiger partial charge on any atom is -0.481 e. The summed E-state index contributed by atoms with van der Waals surface area (Å²) in [4.78, 5) is 70.2. The van der Waals surface area contributed by atoms with Crippen LogP contribution >= 0.6 is 0 Å². The van der Waals surface area contributed by atoms with Crippen molar-refractivity contribution in [3.8, 4) is 0 Å². The van der Waals surface area contributed by atoms with Gasteiger partial charge in [-0.3, -0.25) is 24.0 Å². The number of hydrogen-bond acceptors (Lipinski definition) is 9. The second-order valence-electron chi connectivity index (χ2n) is 6.79. The molecule has 4 unspecified atom stereocenters. The van der Waals surface area contributed by atoms with Crippen molar-refractivity contribution in [1.29, 1.82) is 0 Å². The zero-order valence-corrected chi connectivity index (χ0v) is 17.2. The summed E-state index contributed by atoms with van der Waals surface area (Å²) in [5.41, 5.74) is 10.6. The fraction of sp³-hybridized carbons (Fsp3) is 0.647. The lowest BCUT2D eigenvalue weighted by molar-refractivity contribution is -0.145. The summed E-state index contributed by atoms with van der Waals surface area (Å²) < 4.78 is 0. The van der Waals surface area contributed by atoms with Gasteiger partial charge in [0.1, 0.15) is 24.2 Å². The van der Waals surface area contributed by atoms with Crippen LogP contribution in [0.1, 0.15) is 32.1 Å². The summed E-state index contributed by atoms with van der Waals surface area (Å²) in [5.74, 6) is -7.81. The summed E-state index contributed by atoms with van der Waals surface area (Å²) in [7, 11) is 0. The van der Waals surface area contributed by atoms with E-state index in [4.69, 9.17) is 26.8 Å². The number of hydrogen-bond donors (Lipinski definition) is 9. The van der Waals surface area contributed by atoms with E-state index in [-0.39, 0.29) is 6.42 Å². The van der Waals surface area contributed by atoms with E-state index in [2.05, 4.69) is 5.32 Å². The number of carboxylic acid groups (broad SMARTS) is 3. The molecule has 0 radical (unpaired) electrons. The van der Waals surface area contributed by atoms with Crippen molar-refractivity contribution >= 4 is 35.6 Å². The van der Waals surface area contributed by atoms with Gasteiger partial charge in [0.15, 0.2) is 0 Å². The minimum absolute atomic E-state index is 0.00273. The van der Waals surface area contributed by atoms with Crippen molar-refractivity contribution in [1.82, 2.24) is 16.0 Å². The number of nitrogens with two attached hydrogens (primary N) is 2. The third-order valence-corrected chi connectivity index (χ3v) is 4.12. The van der Waals surface area contributed by atoms with E-state index >= 15 is 0 Å². The third kappa shape index (κ3) is 11.2. The van der Waals surface area contributed by atoms with Crippen molar-refractivity contribution in [2.75, 3.05) is 13.2 Å². The SMILES string of the molecule is NCCCCC(NC(=O)C(CC(=O)O)NC(=O)C(CC(=O)O)NC(=O)C(N)CO)C(=O)O. The van der Waals surface area contributed by atoms with Gasteiger partial charge in [-0.15, -0.1) is 0 Å². The van der Waals surface area contributed by atoms with Gasteiger partial charge in [-0.05, 0) is 25.8 Å². The van der Waals surface area contributed by atoms with Crippen molar-refractivity contribution < 1.29 is 49.2 Å². The van der Waals surface area contributed by atoms with Crippen LogP contribution in [0.4, 0.5) is 0 Å². The van der Waals surface area contributed by atoms with E-state index in [9.17, 15) is 33.9 Å². The van der Waals surface area contributed by atoms with Gasteiger partial charge in [-0.25, -0.2) is 4.79 Å². The van der Waals surface area contributed by atoms with Crippen LogP contribution in [-0.2, 0) is 28.8 Å². The van der Waals surface area contributed by atoms with Gasteiger partial charge in [0, 0.05) is 0 Å². The topological polar surface area (TPSA) is 271 Å². The summed E-state index contributed by atoms with van der Waals surface area (Å²) in [6.45, 7) is -0.493. The molecule has 15 heteroatoms. The maximum Gasteiger partial charge on any atom is 0.326 e. The van der Waals surface area contributed by atoms with Crippen molar-refractivity contribution in [3.63, 3.8) is 0 Å². The van der Waals surface area contributed by atoms with Crippen LogP contribution in [0.5, 0.6) is 0 Å². The quantitative estimate of drug-likeness (QED) is 0.0988. The highest BCUT2D eigenvalue weighted by atomic mass is 16.4. The molecule has 0 aliphatic heterocycles. The molecule has 0 aliphatic carbocycles. The van der Waals surface area contributed by atoms with Crippen molar-refractivity contribution in [2.45, 2.75) is 56.3 Å². The third-order valence-electron chi connectivity index (χ3n) is 4.12. The number of carbonyl (C=O) groups is 6. The smallest absolute Gasteiger partial charge is 0.326 e. The number of amides is 3. The number of carboxylic acids is 3. The predicted molar refractivity (Wildman–Crippen MR) is 106 cm³/mol. The van der Waals surface area contributed by atoms with Gasteiger partial charge >= 0.3 is 17.9 Å². The van der Waals surface area contributed by atoms with Crippen molar-refractivity contribution in [3.05, 3.63) is 0 Å². The van der Waals surface area contributed by atoms with Gasteiger partial charge in [0.25, 0.3) is 0 Å². The summed E-state index contributed by atoms with van der Waals surface area (Å²) in [5, 5.41) is 42.2. The second-order valence-corrected chi connectivity index (χ2v) is 6.79. The fourth-order valence-corrected chi connectivity index (χ4v) is 2.42. The molecule has 0 saturated heterocycles. The zero-order valence-electron chi connectivity index (χ0n) is 17.2. The molecule has 15 nitrogen and oxygen atoms in total. The Morgan fingerprint density at radius 2 is 1.16 bits per heavy atom. The lowest BCUT2D eigenvalue weighted by atomic mass is 10.1. The average Bonchev–Trinajstić information content (AvgIpc) is 2.70. The average molecular weight is 463 g/mol. The van der Waals surface area contributed by atoms with E-state index < -0.39 is 79.2 Å². The van der Waals surface area contributed by atoms with Crippen LogP contribution in [0.2, 0.25) is 0 Å². The number of unbranched alkanes of at least 4 members (excludes halogenated alkanes) is 1. The predicted octanol–water partition coefficient (Wildman–Crippen LogP) is -4.08. The number of nitrogens with one attached hydrogen (secondary N) is 3. The first-order valence-corrected chi connectivity index (χ1v) is 9.56. The Bertz CT molecular complexity index is 701. The van der Waals surface area contributed by atoms with E-state index in [0.717, 1.165) is 0 Å². The summed E-state index contributed by atoms with van der Waals surface area (Å²) >= 11 is 0. The molecule has 0 fully saturated rings. The molecule has 0 bridgehead atoms. The number of rotatable bonds is 16. The Morgan fingerprint density at radius 3 is 1.53 bits per heavy atom. The van der Waals surface area contributed by atoms with Crippen LogP contribution in [0.15, 0.2) is 0 Å². The van der Waals surface area contributed by atoms with E-state index in [0.29, 0.717) is 19.4 Å². The van der Waals surface area contributed by atoms with Gasteiger partial charge < -0.3 is 47.8 Å². The number of aliphatic hydroxyl groups excluding tert-OH is 1. The Hall–Kier alpha value is -3.30. The van der Waals surface area contributed by atoms with Crippen LogP contribution in [-0.4, -0.2) is 93.4 Å². The molecule has 0 aliphatic rings. The second kappa shape index (κ2) is 14.7. The molecule has 11 N–H and O–H groups in total. The minimum atomic E-state index is -1.77. The zero-order chi connectivity index (χ0) is 24.8. The monoisotopic (exact) mass is 463 g/mol. The van der Waals surface area contributed by atoms with Crippen molar-refractivity contribution in [2.24, 2.45) is 11.5 Å². The number of aliphatic hydroxyl groups is 1. The van der Waals surface area contributed by atoms with Gasteiger partial charge in [0.2, 0.25) is 17.7 Å². The molecular weight excluding hydrogens is 434 g/mol. The number of aliphatic carboxylic acids is 3. The van der Waals surface area contributed by atoms with Crippen LogP contribution in [0.25, 0.3) is 0 Å². The maximum atomic E-state index is 12.5. The van der Waals surface area contributed by atoms with E-state index in [1.54, 1.807) is 0 Å². The Labute approximate surface area is 182 Å². The highest BCUT2D eigenvalue weighted by Crippen LogP contribution is 2.04. The molecule has 0 saturated carbocycles. The lowest BCUT2D eigenvalue weighted by Crippen LogP contribution is -2.58. The summed E-state index contributed by atoms with van der Waals surface area (Å²) in [6, 6.07) is -6.35.